The van der Waals surface area contributed by atoms with E-state index in [1.54, 1.807) is 0 Å². The van der Waals surface area contributed by atoms with Crippen molar-refractivity contribution in [2.45, 2.75) is 4.90 Å². The molecule has 2 rings (SSSR count). The van der Waals surface area contributed by atoms with E-state index in [1.165, 1.54) is 18.2 Å². The third kappa shape index (κ3) is 3.36. The molecular formula is C12H7Br2F2NO2S. The standard InChI is InChI=1S/C12H7Br2F2NO2S/c13-7-1-4-12(9(14)5-7)20(18,19)17-11-6-8(15)2-3-10(11)16/h1-6,17H. The summed E-state index contributed by atoms with van der Waals surface area (Å²) in [6, 6.07) is 6.94. The second kappa shape index (κ2) is 5.79. The van der Waals surface area contributed by atoms with Gasteiger partial charge in [-0.3, -0.25) is 4.72 Å². The molecule has 0 saturated carbocycles. The van der Waals surface area contributed by atoms with Crippen LogP contribution in [-0.4, -0.2) is 8.42 Å². The lowest BCUT2D eigenvalue weighted by Crippen LogP contribution is -2.14. The summed E-state index contributed by atoms with van der Waals surface area (Å²) in [6.07, 6.45) is 0. The van der Waals surface area contributed by atoms with Crippen molar-refractivity contribution in [1.82, 2.24) is 0 Å². The molecule has 0 aliphatic heterocycles. The lowest BCUT2D eigenvalue weighted by molar-refractivity contribution is 0.594. The van der Waals surface area contributed by atoms with Gasteiger partial charge in [0.25, 0.3) is 10.0 Å². The number of benzene rings is 2. The molecule has 8 heteroatoms. The van der Waals surface area contributed by atoms with Gasteiger partial charge in [0.15, 0.2) is 0 Å². The van der Waals surface area contributed by atoms with E-state index in [2.05, 4.69) is 31.9 Å². The van der Waals surface area contributed by atoms with Crippen molar-refractivity contribution in [2.75, 3.05) is 4.72 Å². The van der Waals surface area contributed by atoms with E-state index in [0.29, 0.717) is 8.95 Å². The number of hydrogen-bond donors (Lipinski definition) is 1. The molecule has 2 aromatic rings. The van der Waals surface area contributed by atoms with Crippen LogP contribution in [0.25, 0.3) is 0 Å². The molecule has 0 aliphatic rings. The highest BCUT2D eigenvalue weighted by Crippen LogP contribution is 2.28. The van der Waals surface area contributed by atoms with Crippen LogP contribution in [0.15, 0.2) is 50.2 Å². The molecule has 1 N–H and O–H groups in total. The molecule has 0 saturated heterocycles. The number of nitrogens with one attached hydrogen (secondary N) is 1. The van der Waals surface area contributed by atoms with Crippen LogP contribution in [-0.2, 0) is 10.0 Å². The van der Waals surface area contributed by atoms with Gasteiger partial charge in [-0.25, -0.2) is 17.2 Å². The Kier molecular flexibility index (Phi) is 4.46. The van der Waals surface area contributed by atoms with Gasteiger partial charge in [-0.05, 0) is 46.3 Å². The minimum atomic E-state index is -4.02. The molecule has 20 heavy (non-hydrogen) atoms. The van der Waals surface area contributed by atoms with Crippen molar-refractivity contribution in [1.29, 1.82) is 0 Å². The number of hydrogen-bond acceptors (Lipinski definition) is 2. The molecule has 0 aromatic heterocycles. The Bertz CT molecular complexity index is 766. The Balaban J connectivity index is 2.43. The van der Waals surface area contributed by atoms with E-state index in [1.807, 2.05) is 4.72 Å². The first-order valence-corrected chi connectivity index (χ1v) is 8.29. The van der Waals surface area contributed by atoms with Crippen molar-refractivity contribution >= 4 is 47.6 Å². The van der Waals surface area contributed by atoms with Gasteiger partial charge in [0.05, 0.1) is 5.69 Å². The topological polar surface area (TPSA) is 46.2 Å². The van der Waals surface area contributed by atoms with Gasteiger partial charge >= 0.3 is 0 Å². The fraction of sp³-hybridized carbons (Fsp3) is 0. The van der Waals surface area contributed by atoms with E-state index in [4.69, 9.17) is 0 Å². The zero-order chi connectivity index (χ0) is 14.9. The summed E-state index contributed by atoms with van der Waals surface area (Å²) in [4.78, 5) is -0.0793. The summed E-state index contributed by atoms with van der Waals surface area (Å²) in [7, 11) is -4.02. The average molecular weight is 427 g/mol. The minimum absolute atomic E-state index is 0.0793. The van der Waals surface area contributed by atoms with Crippen LogP contribution in [0.4, 0.5) is 14.5 Å². The predicted octanol–water partition coefficient (Wildman–Crippen LogP) is 4.29. The van der Waals surface area contributed by atoms with Gasteiger partial charge in [-0.1, -0.05) is 15.9 Å². The van der Waals surface area contributed by atoms with E-state index in [0.717, 1.165) is 18.2 Å². The molecule has 3 nitrogen and oxygen atoms in total. The molecule has 2 aromatic carbocycles. The lowest BCUT2D eigenvalue weighted by Gasteiger charge is -2.10. The van der Waals surface area contributed by atoms with Crippen LogP contribution in [0, 0.1) is 11.6 Å². The number of halogens is 4. The van der Waals surface area contributed by atoms with E-state index < -0.39 is 27.3 Å². The van der Waals surface area contributed by atoms with Crippen LogP contribution in [0.1, 0.15) is 0 Å². The highest BCUT2D eigenvalue weighted by atomic mass is 79.9. The molecule has 0 bridgehead atoms. The Morgan fingerprint density at radius 2 is 1.70 bits per heavy atom. The first-order chi connectivity index (χ1) is 9.29. The van der Waals surface area contributed by atoms with Crippen molar-refractivity contribution in [3.8, 4) is 0 Å². The van der Waals surface area contributed by atoms with Gasteiger partial charge in [-0.2, -0.15) is 0 Å². The fourth-order valence-electron chi connectivity index (χ4n) is 1.47. The molecule has 0 radical (unpaired) electrons. The van der Waals surface area contributed by atoms with Gasteiger partial charge in [-0.15, -0.1) is 0 Å². The molecule has 0 unspecified atom stereocenters. The molecule has 0 amide bonds. The number of anilines is 1. The Labute approximate surface area is 131 Å². The Morgan fingerprint density at radius 3 is 2.35 bits per heavy atom. The molecule has 0 atom stereocenters. The van der Waals surface area contributed by atoms with Crippen molar-refractivity contribution in [3.05, 3.63) is 57.0 Å². The number of sulfonamides is 1. The second-order valence-electron chi connectivity index (χ2n) is 3.80. The van der Waals surface area contributed by atoms with Crippen molar-refractivity contribution in [3.63, 3.8) is 0 Å². The van der Waals surface area contributed by atoms with Crippen LogP contribution in [0.3, 0.4) is 0 Å². The quantitative estimate of drug-likeness (QED) is 0.795. The predicted molar refractivity (Wildman–Crippen MR) is 79.0 cm³/mol. The van der Waals surface area contributed by atoms with Gasteiger partial charge in [0, 0.05) is 15.0 Å². The maximum Gasteiger partial charge on any atom is 0.263 e. The summed E-state index contributed by atoms with van der Waals surface area (Å²) >= 11 is 6.31. The first-order valence-electron chi connectivity index (χ1n) is 5.22. The summed E-state index contributed by atoms with van der Waals surface area (Å²) in [5.74, 6) is -1.60. The highest BCUT2D eigenvalue weighted by molar-refractivity contribution is 9.11. The third-order valence-electron chi connectivity index (χ3n) is 2.36. The molecule has 0 aliphatic carbocycles. The molecule has 106 valence electrons. The van der Waals surface area contributed by atoms with Crippen molar-refractivity contribution < 1.29 is 17.2 Å². The normalized spacial score (nSPS) is 11.4. The van der Waals surface area contributed by atoms with Crippen LogP contribution in [0.5, 0.6) is 0 Å². The summed E-state index contributed by atoms with van der Waals surface area (Å²) in [5, 5.41) is 0. The maximum absolute atomic E-state index is 13.5. The maximum atomic E-state index is 13.5. The van der Waals surface area contributed by atoms with Gasteiger partial charge in [0.1, 0.15) is 16.5 Å². The SMILES string of the molecule is O=S(=O)(Nc1cc(F)ccc1F)c1ccc(Br)cc1Br. The fourth-order valence-corrected chi connectivity index (χ4v) is 4.27. The molecule has 0 spiro atoms. The Hall–Kier alpha value is -0.990. The molecular weight excluding hydrogens is 420 g/mol. The smallest absolute Gasteiger partial charge is 0.263 e. The molecule has 0 heterocycles. The van der Waals surface area contributed by atoms with Crippen LogP contribution < -0.4 is 4.72 Å². The monoisotopic (exact) mass is 425 g/mol. The van der Waals surface area contributed by atoms with Crippen LogP contribution in [0.2, 0.25) is 0 Å². The van der Waals surface area contributed by atoms with Gasteiger partial charge in [0.2, 0.25) is 0 Å². The molecule has 0 fully saturated rings. The Morgan fingerprint density at radius 1 is 1.00 bits per heavy atom. The van der Waals surface area contributed by atoms with E-state index >= 15 is 0 Å². The zero-order valence-corrected chi connectivity index (χ0v) is 13.7. The van der Waals surface area contributed by atoms with E-state index in [9.17, 15) is 17.2 Å². The lowest BCUT2D eigenvalue weighted by atomic mass is 10.3. The van der Waals surface area contributed by atoms with Crippen molar-refractivity contribution in [2.24, 2.45) is 0 Å². The zero-order valence-electron chi connectivity index (χ0n) is 9.70. The summed E-state index contributed by atoms with van der Waals surface area (Å²) in [5.41, 5.74) is -0.445. The number of rotatable bonds is 3. The first kappa shape index (κ1) is 15.4. The average Bonchev–Trinajstić information content (AvgIpc) is 2.33. The van der Waals surface area contributed by atoms with E-state index in [-0.39, 0.29) is 4.90 Å². The third-order valence-corrected chi connectivity index (χ3v) is 5.19. The largest absolute Gasteiger partial charge is 0.277 e. The highest BCUT2D eigenvalue weighted by Gasteiger charge is 2.19. The second-order valence-corrected chi connectivity index (χ2v) is 7.23. The summed E-state index contributed by atoms with van der Waals surface area (Å²) < 4.78 is 53.8. The van der Waals surface area contributed by atoms with Crippen LogP contribution >= 0.6 is 31.9 Å². The minimum Gasteiger partial charge on any atom is -0.277 e. The van der Waals surface area contributed by atoms with Gasteiger partial charge < -0.3 is 0 Å². The summed E-state index contributed by atoms with van der Waals surface area (Å²) in [6.45, 7) is 0.